The van der Waals surface area contributed by atoms with Gasteiger partial charge in [-0.25, -0.2) is 0 Å². The van der Waals surface area contributed by atoms with Crippen molar-refractivity contribution in [3.63, 3.8) is 0 Å². The number of amides is 1. The molecule has 1 unspecified atom stereocenters. The summed E-state index contributed by atoms with van der Waals surface area (Å²) in [5.41, 5.74) is 1.53. The topological polar surface area (TPSA) is 70.0 Å². The van der Waals surface area contributed by atoms with E-state index in [0.29, 0.717) is 43.4 Å². The van der Waals surface area contributed by atoms with E-state index in [4.69, 9.17) is 14.2 Å². The van der Waals surface area contributed by atoms with Crippen molar-refractivity contribution in [1.82, 2.24) is 9.47 Å². The average Bonchev–Trinajstić information content (AvgIpc) is 3.19. The molecule has 0 bridgehead atoms. The first-order valence-electron chi connectivity index (χ1n) is 10.6. The molecule has 160 valence electrons. The number of esters is 1. The van der Waals surface area contributed by atoms with E-state index in [1.807, 2.05) is 53.0 Å². The molecule has 1 aromatic heterocycles. The molecule has 1 atom stereocenters. The van der Waals surface area contributed by atoms with Crippen LogP contribution in [0.1, 0.15) is 41.7 Å². The van der Waals surface area contributed by atoms with E-state index in [1.165, 1.54) is 0 Å². The Labute approximate surface area is 176 Å². The molecule has 0 spiro atoms. The van der Waals surface area contributed by atoms with Crippen LogP contribution in [-0.4, -0.2) is 53.8 Å². The molecule has 3 heterocycles. The minimum atomic E-state index is -0.275. The van der Waals surface area contributed by atoms with Gasteiger partial charge in [-0.15, -0.1) is 0 Å². The molecule has 7 heteroatoms. The van der Waals surface area contributed by atoms with E-state index in [1.54, 1.807) is 0 Å². The maximum atomic E-state index is 12.9. The van der Waals surface area contributed by atoms with E-state index >= 15 is 0 Å². The van der Waals surface area contributed by atoms with Crippen LogP contribution < -0.4 is 9.47 Å². The number of carbonyl (C=O) groups excluding carboxylic acids is 2. The highest BCUT2D eigenvalue weighted by molar-refractivity contribution is 5.93. The average molecular weight is 412 g/mol. The third-order valence-corrected chi connectivity index (χ3v) is 5.72. The Bertz CT molecular complexity index is 907. The molecule has 1 aromatic carbocycles. The normalized spacial score (nSPS) is 18.2. The van der Waals surface area contributed by atoms with Gasteiger partial charge in [0.1, 0.15) is 18.9 Å². The third-order valence-electron chi connectivity index (χ3n) is 5.72. The van der Waals surface area contributed by atoms with Crippen LogP contribution in [0.5, 0.6) is 11.5 Å². The predicted molar refractivity (Wildman–Crippen MR) is 111 cm³/mol. The summed E-state index contributed by atoms with van der Waals surface area (Å²) in [6.07, 6.45) is 5.77. The summed E-state index contributed by atoms with van der Waals surface area (Å²) in [4.78, 5) is 27.2. The van der Waals surface area contributed by atoms with Gasteiger partial charge in [0.25, 0.3) is 5.91 Å². The summed E-state index contributed by atoms with van der Waals surface area (Å²) in [5.74, 6) is 1.15. The fourth-order valence-corrected chi connectivity index (χ4v) is 4.12. The van der Waals surface area contributed by atoms with E-state index < -0.39 is 0 Å². The summed E-state index contributed by atoms with van der Waals surface area (Å²) < 4.78 is 18.4. The lowest BCUT2D eigenvalue weighted by molar-refractivity contribution is -0.143. The number of hydrogen-bond donors (Lipinski definition) is 0. The zero-order valence-electron chi connectivity index (χ0n) is 17.3. The lowest BCUT2D eigenvalue weighted by atomic mass is 9.99. The zero-order valence-corrected chi connectivity index (χ0v) is 17.3. The highest BCUT2D eigenvalue weighted by Crippen LogP contribution is 2.31. The predicted octanol–water partition coefficient (Wildman–Crippen LogP) is 2.97. The van der Waals surface area contributed by atoms with Crippen LogP contribution in [0.25, 0.3) is 0 Å². The number of piperidine rings is 1. The molecule has 7 nitrogen and oxygen atoms in total. The molecule has 0 radical (unpaired) electrons. The highest BCUT2D eigenvalue weighted by atomic mass is 16.6. The molecule has 2 aliphatic heterocycles. The lowest BCUT2D eigenvalue weighted by Gasteiger charge is -2.35. The van der Waals surface area contributed by atoms with Gasteiger partial charge in [0.15, 0.2) is 11.5 Å². The lowest BCUT2D eigenvalue weighted by Crippen LogP contribution is -2.44. The minimum absolute atomic E-state index is 0.0507. The van der Waals surface area contributed by atoms with Crippen LogP contribution >= 0.6 is 0 Å². The first-order valence-corrected chi connectivity index (χ1v) is 10.6. The zero-order chi connectivity index (χ0) is 20.9. The standard InChI is InChI=1S/C23H28N2O5/c1-24-10-4-6-19(24)23(27)25-11-3-2-5-18(25)9-12-30-22(26)16-17-7-8-20-21(15-17)29-14-13-28-20/h4,6-8,10,15,18H,2-3,5,9,11-14,16H2,1H3. The molecule has 30 heavy (non-hydrogen) atoms. The van der Waals surface area contributed by atoms with Gasteiger partial charge in [-0.3, -0.25) is 9.59 Å². The molecule has 1 saturated heterocycles. The molecule has 0 aliphatic carbocycles. The molecule has 0 N–H and O–H groups in total. The van der Waals surface area contributed by atoms with Crippen LogP contribution in [0.15, 0.2) is 36.5 Å². The number of benzene rings is 1. The van der Waals surface area contributed by atoms with Gasteiger partial charge >= 0.3 is 5.97 Å². The molecular weight excluding hydrogens is 384 g/mol. The maximum Gasteiger partial charge on any atom is 0.310 e. The summed E-state index contributed by atoms with van der Waals surface area (Å²) in [7, 11) is 1.88. The number of aryl methyl sites for hydroxylation is 1. The Morgan fingerprint density at radius 1 is 1.13 bits per heavy atom. The number of carbonyl (C=O) groups is 2. The summed E-state index contributed by atoms with van der Waals surface area (Å²) in [6, 6.07) is 9.34. The van der Waals surface area contributed by atoms with Crippen molar-refractivity contribution < 1.29 is 23.8 Å². The van der Waals surface area contributed by atoms with Crippen LogP contribution in [0.2, 0.25) is 0 Å². The van der Waals surface area contributed by atoms with Gasteiger partial charge in [-0.1, -0.05) is 6.07 Å². The van der Waals surface area contributed by atoms with Crippen molar-refractivity contribution in [3.8, 4) is 11.5 Å². The Morgan fingerprint density at radius 2 is 1.97 bits per heavy atom. The van der Waals surface area contributed by atoms with Crippen molar-refractivity contribution >= 4 is 11.9 Å². The number of fused-ring (bicyclic) bond motifs is 1. The van der Waals surface area contributed by atoms with Gasteiger partial charge in [0, 0.05) is 32.3 Å². The first kappa shape index (κ1) is 20.3. The van der Waals surface area contributed by atoms with Crippen molar-refractivity contribution in [1.29, 1.82) is 0 Å². The number of rotatable bonds is 6. The van der Waals surface area contributed by atoms with Crippen molar-refractivity contribution in [2.24, 2.45) is 7.05 Å². The fraction of sp³-hybridized carbons (Fsp3) is 0.478. The van der Waals surface area contributed by atoms with Crippen molar-refractivity contribution in [2.75, 3.05) is 26.4 Å². The SMILES string of the molecule is Cn1cccc1C(=O)N1CCCCC1CCOC(=O)Cc1ccc2c(c1)OCCO2. The second-order valence-electron chi connectivity index (χ2n) is 7.82. The second kappa shape index (κ2) is 9.24. The number of ether oxygens (including phenoxy) is 3. The quantitative estimate of drug-likeness (QED) is 0.683. The Kier molecular flexibility index (Phi) is 6.26. The van der Waals surface area contributed by atoms with Gasteiger partial charge in [0.2, 0.25) is 0 Å². The molecule has 0 saturated carbocycles. The number of likely N-dealkylation sites (tertiary alicyclic amines) is 1. The number of hydrogen-bond acceptors (Lipinski definition) is 5. The Morgan fingerprint density at radius 3 is 2.77 bits per heavy atom. The fourth-order valence-electron chi connectivity index (χ4n) is 4.12. The minimum Gasteiger partial charge on any atom is -0.486 e. The molecule has 1 fully saturated rings. The number of nitrogens with zero attached hydrogens (tertiary/aromatic N) is 2. The van der Waals surface area contributed by atoms with Crippen LogP contribution in [0.3, 0.4) is 0 Å². The summed E-state index contributed by atoms with van der Waals surface area (Å²) in [5, 5.41) is 0. The Balaban J connectivity index is 1.28. The van der Waals surface area contributed by atoms with Crippen molar-refractivity contribution in [2.45, 2.75) is 38.1 Å². The summed E-state index contributed by atoms with van der Waals surface area (Å²) in [6.45, 7) is 2.12. The highest BCUT2D eigenvalue weighted by Gasteiger charge is 2.28. The molecule has 2 aliphatic rings. The first-order chi connectivity index (χ1) is 14.6. The van der Waals surface area contributed by atoms with E-state index in [-0.39, 0.29) is 24.3 Å². The number of aromatic nitrogens is 1. The second-order valence-corrected chi connectivity index (χ2v) is 7.82. The monoisotopic (exact) mass is 412 g/mol. The van der Waals surface area contributed by atoms with Crippen LogP contribution in [0.4, 0.5) is 0 Å². The van der Waals surface area contributed by atoms with E-state index in [9.17, 15) is 9.59 Å². The molecule has 2 aromatic rings. The van der Waals surface area contributed by atoms with Gasteiger partial charge < -0.3 is 23.7 Å². The Hall–Kier alpha value is -2.96. The van der Waals surface area contributed by atoms with E-state index in [2.05, 4.69) is 0 Å². The molecule has 4 rings (SSSR count). The van der Waals surface area contributed by atoms with Gasteiger partial charge in [-0.2, -0.15) is 0 Å². The smallest absolute Gasteiger partial charge is 0.310 e. The van der Waals surface area contributed by atoms with Crippen molar-refractivity contribution in [3.05, 3.63) is 47.8 Å². The van der Waals surface area contributed by atoms with E-state index in [0.717, 1.165) is 31.4 Å². The molecular formula is C23H28N2O5. The van der Waals surface area contributed by atoms with Gasteiger partial charge in [0.05, 0.1) is 13.0 Å². The maximum absolute atomic E-state index is 12.9. The van der Waals surface area contributed by atoms with Crippen LogP contribution in [0, 0.1) is 0 Å². The van der Waals surface area contributed by atoms with Crippen LogP contribution in [-0.2, 0) is 23.0 Å². The van der Waals surface area contributed by atoms with Gasteiger partial charge in [-0.05, 0) is 49.1 Å². The third kappa shape index (κ3) is 4.61. The summed E-state index contributed by atoms with van der Waals surface area (Å²) >= 11 is 0. The molecule has 1 amide bonds. The largest absolute Gasteiger partial charge is 0.486 e.